The van der Waals surface area contributed by atoms with E-state index in [-0.39, 0.29) is 0 Å². The number of hydrogen-bond acceptors (Lipinski definition) is 5. The number of ether oxygens (including phenoxy) is 1. The van der Waals surface area contributed by atoms with Crippen molar-refractivity contribution in [2.45, 2.75) is 70.5 Å². The molecule has 5 heteroatoms. The molecule has 1 atom stereocenters. The number of piperidine rings is 2. The van der Waals surface area contributed by atoms with Crippen molar-refractivity contribution in [2.24, 2.45) is 11.8 Å². The molecule has 0 amide bonds. The van der Waals surface area contributed by atoms with Gasteiger partial charge in [-0.15, -0.1) is 0 Å². The Morgan fingerprint density at radius 3 is 1.87 bits per heavy atom. The number of likely N-dealkylation sites (tertiary alicyclic amines) is 2. The second kappa shape index (κ2) is 11.6. The predicted octanol–water partition coefficient (Wildman–Crippen LogP) is 3.01. The van der Waals surface area contributed by atoms with Crippen LogP contribution in [-0.2, 0) is 4.74 Å². The van der Waals surface area contributed by atoms with Crippen molar-refractivity contribution in [3.05, 3.63) is 0 Å². The molecule has 0 N–H and O–H groups in total. The molecule has 1 aliphatic carbocycles. The third kappa shape index (κ3) is 6.90. The lowest BCUT2D eigenvalue weighted by Gasteiger charge is -2.41. The highest BCUT2D eigenvalue weighted by Gasteiger charge is 2.28. The lowest BCUT2D eigenvalue weighted by Crippen LogP contribution is -2.50. The molecule has 1 saturated carbocycles. The van der Waals surface area contributed by atoms with Gasteiger partial charge >= 0.3 is 0 Å². The molecule has 4 rings (SSSR count). The highest BCUT2D eigenvalue weighted by molar-refractivity contribution is 4.82. The molecule has 1 unspecified atom stereocenters. The van der Waals surface area contributed by atoms with Crippen LogP contribution in [0.15, 0.2) is 0 Å². The van der Waals surface area contributed by atoms with Gasteiger partial charge in [-0.1, -0.05) is 6.92 Å². The number of hydrogen-bond donors (Lipinski definition) is 0. The zero-order chi connectivity index (χ0) is 20.8. The Labute approximate surface area is 186 Å². The highest BCUT2D eigenvalue weighted by Crippen LogP contribution is 2.29. The van der Waals surface area contributed by atoms with E-state index >= 15 is 0 Å². The fourth-order valence-corrected chi connectivity index (χ4v) is 6.32. The maximum absolute atomic E-state index is 6.47. The summed E-state index contributed by atoms with van der Waals surface area (Å²) in [4.78, 5) is 10.6. The first-order valence-electron chi connectivity index (χ1n) is 13.2. The summed E-state index contributed by atoms with van der Waals surface area (Å²) in [7, 11) is 2.23. The number of piperazine rings is 1. The minimum atomic E-state index is 0.532. The standard InChI is InChI=1S/C25H48N4O/c1-3-27-12-4-5-23(20-27)21-29-17-15-28(16-18-29)19-22-6-8-24(9-7-22)30-25-10-13-26(2)14-11-25/h22-25H,3-21H2,1-2H3. The van der Waals surface area contributed by atoms with Gasteiger partial charge in [-0.3, -0.25) is 0 Å². The van der Waals surface area contributed by atoms with E-state index in [0.29, 0.717) is 12.2 Å². The summed E-state index contributed by atoms with van der Waals surface area (Å²) in [5.41, 5.74) is 0. The number of rotatable bonds is 7. The van der Waals surface area contributed by atoms with E-state index < -0.39 is 0 Å². The molecule has 0 bridgehead atoms. The van der Waals surface area contributed by atoms with Crippen molar-refractivity contribution in [1.29, 1.82) is 0 Å². The maximum Gasteiger partial charge on any atom is 0.0603 e. The summed E-state index contributed by atoms with van der Waals surface area (Å²) in [6.45, 7) is 16.5. The normalized spacial score (nSPS) is 34.4. The smallest absolute Gasteiger partial charge is 0.0603 e. The average Bonchev–Trinajstić information content (AvgIpc) is 2.78. The minimum absolute atomic E-state index is 0.532. The molecular weight excluding hydrogens is 372 g/mol. The van der Waals surface area contributed by atoms with Crippen molar-refractivity contribution in [2.75, 3.05) is 79.0 Å². The molecule has 0 aromatic heterocycles. The van der Waals surface area contributed by atoms with Gasteiger partial charge in [-0.25, -0.2) is 0 Å². The molecule has 4 fully saturated rings. The first kappa shape index (κ1) is 23.0. The van der Waals surface area contributed by atoms with Crippen molar-refractivity contribution in [1.82, 2.24) is 19.6 Å². The average molecular weight is 421 g/mol. The topological polar surface area (TPSA) is 22.2 Å². The van der Waals surface area contributed by atoms with E-state index in [2.05, 4.69) is 33.6 Å². The second-order valence-electron chi connectivity index (χ2n) is 10.8. The lowest BCUT2D eigenvalue weighted by atomic mass is 9.86. The van der Waals surface area contributed by atoms with E-state index in [4.69, 9.17) is 4.74 Å². The molecular formula is C25H48N4O. The Morgan fingerprint density at radius 1 is 0.633 bits per heavy atom. The Balaban J connectivity index is 1.09. The largest absolute Gasteiger partial charge is 0.375 e. The van der Waals surface area contributed by atoms with Gasteiger partial charge in [0.15, 0.2) is 0 Å². The van der Waals surface area contributed by atoms with E-state index in [0.717, 1.165) is 11.8 Å². The lowest BCUT2D eigenvalue weighted by molar-refractivity contribution is -0.0604. The van der Waals surface area contributed by atoms with Crippen molar-refractivity contribution in [3.63, 3.8) is 0 Å². The van der Waals surface area contributed by atoms with Crippen molar-refractivity contribution in [3.8, 4) is 0 Å². The maximum atomic E-state index is 6.47. The van der Waals surface area contributed by atoms with Gasteiger partial charge in [-0.05, 0) is 83.3 Å². The van der Waals surface area contributed by atoms with E-state index in [1.54, 1.807) is 0 Å². The van der Waals surface area contributed by atoms with Gasteiger partial charge < -0.3 is 24.3 Å². The molecule has 3 saturated heterocycles. The number of nitrogens with zero attached hydrogens (tertiary/aromatic N) is 4. The van der Waals surface area contributed by atoms with Crippen molar-refractivity contribution < 1.29 is 4.74 Å². The second-order valence-corrected chi connectivity index (χ2v) is 10.8. The summed E-state index contributed by atoms with van der Waals surface area (Å²) in [5.74, 6) is 1.82. The Kier molecular flexibility index (Phi) is 8.89. The molecule has 0 aromatic carbocycles. The zero-order valence-corrected chi connectivity index (χ0v) is 19.9. The molecule has 3 heterocycles. The third-order valence-electron chi connectivity index (χ3n) is 8.39. The molecule has 30 heavy (non-hydrogen) atoms. The Hall–Kier alpha value is -0.200. The van der Waals surface area contributed by atoms with E-state index in [1.807, 2.05) is 0 Å². The van der Waals surface area contributed by atoms with E-state index in [1.165, 1.54) is 123 Å². The van der Waals surface area contributed by atoms with Crippen LogP contribution < -0.4 is 0 Å². The van der Waals surface area contributed by atoms with Gasteiger partial charge in [0.1, 0.15) is 0 Å². The fourth-order valence-electron chi connectivity index (χ4n) is 6.32. The summed E-state index contributed by atoms with van der Waals surface area (Å²) in [5, 5.41) is 0. The SMILES string of the molecule is CCN1CCCC(CN2CCN(CC3CCC(OC4CCN(C)CC4)CC3)CC2)C1. The zero-order valence-electron chi connectivity index (χ0n) is 19.9. The summed E-state index contributed by atoms with van der Waals surface area (Å²) < 4.78 is 6.47. The predicted molar refractivity (Wildman–Crippen MR) is 125 cm³/mol. The van der Waals surface area contributed by atoms with Crippen LogP contribution in [0.1, 0.15) is 58.3 Å². The molecule has 4 aliphatic rings. The summed E-state index contributed by atoms with van der Waals surface area (Å²) in [6.07, 6.45) is 11.8. The van der Waals surface area contributed by atoms with Gasteiger partial charge in [-0.2, -0.15) is 0 Å². The molecule has 174 valence electrons. The van der Waals surface area contributed by atoms with Crippen LogP contribution in [0.5, 0.6) is 0 Å². The summed E-state index contributed by atoms with van der Waals surface area (Å²) in [6, 6.07) is 0. The van der Waals surface area contributed by atoms with E-state index in [9.17, 15) is 0 Å². The van der Waals surface area contributed by atoms with Crippen LogP contribution in [0.4, 0.5) is 0 Å². The Morgan fingerprint density at radius 2 is 1.23 bits per heavy atom. The molecule has 0 spiro atoms. The molecule has 0 radical (unpaired) electrons. The van der Waals surface area contributed by atoms with Gasteiger partial charge in [0, 0.05) is 58.9 Å². The monoisotopic (exact) mass is 420 g/mol. The minimum Gasteiger partial charge on any atom is -0.375 e. The first-order chi connectivity index (χ1) is 14.7. The molecule has 3 aliphatic heterocycles. The van der Waals surface area contributed by atoms with Crippen LogP contribution >= 0.6 is 0 Å². The van der Waals surface area contributed by atoms with Crippen LogP contribution in [0.25, 0.3) is 0 Å². The van der Waals surface area contributed by atoms with Crippen LogP contribution in [0.3, 0.4) is 0 Å². The van der Waals surface area contributed by atoms with Crippen molar-refractivity contribution >= 4 is 0 Å². The molecule has 0 aromatic rings. The van der Waals surface area contributed by atoms with Gasteiger partial charge in [0.05, 0.1) is 12.2 Å². The molecule has 5 nitrogen and oxygen atoms in total. The fraction of sp³-hybridized carbons (Fsp3) is 1.00. The van der Waals surface area contributed by atoms with Crippen LogP contribution in [0.2, 0.25) is 0 Å². The van der Waals surface area contributed by atoms with Crippen LogP contribution in [-0.4, -0.2) is 111 Å². The van der Waals surface area contributed by atoms with Gasteiger partial charge in [0.25, 0.3) is 0 Å². The Bertz CT molecular complexity index is 480. The van der Waals surface area contributed by atoms with Crippen LogP contribution in [0, 0.1) is 11.8 Å². The van der Waals surface area contributed by atoms with Gasteiger partial charge in [0.2, 0.25) is 0 Å². The summed E-state index contributed by atoms with van der Waals surface area (Å²) >= 11 is 0. The third-order valence-corrected chi connectivity index (χ3v) is 8.39. The quantitative estimate of drug-likeness (QED) is 0.630. The first-order valence-corrected chi connectivity index (χ1v) is 13.2. The highest BCUT2D eigenvalue weighted by atomic mass is 16.5.